The Hall–Kier alpha value is -1.54. The minimum Gasteiger partial charge on any atom is -0.459 e. The van der Waals surface area contributed by atoms with Crippen LogP contribution < -0.4 is 11.1 Å². The summed E-state index contributed by atoms with van der Waals surface area (Å²) in [7, 11) is 6.90. The van der Waals surface area contributed by atoms with E-state index in [-0.39, 0.29) is 31.4 Å². The van der Waals surface area contributed by atoms with E-state index >= 15 is 0 Å². The van der Waals surface area contributed by atoms with Crippen LogP contribution in [0.2, 0.25) is 0 Å². The van der Waals surface area contributed by atoms with Gasteiger partial charge in [0.15, 0.2) is 12.6 Å². The number of nitrogens with one attached hydrogen (secondary N) is 1. The number of carbonyl (C=O) groups excluding carboxylic acids is 2. The van der Waals surface area contributed by atoms with Crippen molar-refractivity contribution in [1.82, 2.24) is 10.2 Å². The molecule has 3 rings (SSSR count). The summed E-state index contributed by atoms with van der Waals surface area (Å²) in [6, 6.07) is -1.20. The van der Waals surface area contributed by atoms with Crippen LogP contribution in [0, 0.1) is 17.8 Å². The van der Waals surface area contributed by atoms with E-state index in [0.29, 0.717) is 26.0 Å². The second-order valence-electron chi connectivity index (χ2n) is 17.7. The normalized spacial score (nSPS) is 45.8. The lowest BCUT2D eigenvalue weighted by molar-refractivity contribution is -0.321. The van der Waals surface area contributed by atoms with Gasteiger partial charge in [0, 0.05) is 45.1 Å². The summed E-state index contributed by atoms with van der Waals surface area (Å²) in [6.07, 6.45) is -7.13. The second-order valence-corrected chi connectivity index (χ2v) is 17.7. The van der Waals surface area contributed by atoms with Gasteiger partial charge in [-0.15, -0.1) is 0 Å². The maximum atomic E-state index is 14.4. The summed E-state index contributed by atoms with van der Waals surface area (Å²) >= 11 is 0. The van der Waals surface area contributed by atoms with Crippen LogP contribution in [-0.4, -0.2) is 164 Å². The van der Waals surface area contributed by atoms with E-state index < -0.39 is 108 Å². The van der Waals surface area contributed by atoms with E-state index in [4.69, 9.17) is 43.6 Å². The van der Waals surface area contributed by atoms with Crippen molar-refractivity contribution in [3.63, 3.8) is 0 Å². The Morgan fingerprint density at radius 1 is 0.930 bits per heavy atom. The maximum Gasteiger partial charge on any atom is 0.311 e. The van der Waals surface area contributed by atoms with Crippen LogP contribution >= 0.6 is 0 Å². The molecule has 1 amide bonds. The Bertz CT molecular complexity index is 1280. The van der Waals surface area contributed by atoms with Gasteiger partial charge in [-0.05, 0) is 94.8 Å². The zero-order valence-corrected chi connectivity index (χ0v) is 37.1. The van der Waals surface area contributed by atoms with Crippen molar-refractivity contribution < 1.29 is 62.8 Å². The number of nitrogens with zero attached hydrogens (tertiary/aromatic N) is 1. The molecule has 0 radical (unpaired) electrons. The summed E-state index contributed by atoms with van der Waals surface area (Å²) in [5.41, 5.74) is 1.70. The molecule has 16 nitrogen and oxygen atoms in total. The van der Waals surface area contributed by atoms with Crippen LogP contribution in [0.5, 0.6) is 0 Å². The molecule has 3 heterocycles. The van der Waals surface area contributed by atoms with Crippen LogP contribution in [0.4, 0.5) is 0 Å². The number of hydrogen-bond acceptors (Lipinski definition) is 15. The highest BCUT2D eigenvalue weighted by Gasteiger charge is 2.53. The Morgan fingerprint density at radius 3 is 2.11 bits per heavy atom. The monoisotopic (exact) mass is 820 g/mol. The third-order valence-corrected chi connectivity index (χ3v) is 12.8. The van der Waals surface area contributed by atoms with Gasteiger partial charge >= 0.3 is 5.97 Å². The van der Waals surface area contributed by atoms with E-state index in [1.54, 1.807) is 34.8 Å². The van der Waals surface area contributed by atoms with Gasteiger partial charge in [0.05, 0.1) is 47.6 Å². The van der Waals surface area contributed by atoms with Gasteiger partial charge in [-0.2, -0.15) is 0 Å². The molecule has 0 aromatic carbocycles. The molecule has 0 bridgehead atoms. The zero-order valence-electron chi connectivity index (χ0n) is 37.1. The summed E-state index contributed by atoms with van der Waals surface area (Å²) in [5, 5.41) is 37.6. The van der Waals surface area contributed by atoms with Crippen LogP contribution in [0.3, 0.4) is 0 Å². The second kappa shape index (κ2) is 20.8. The number of carbonyl (C=O) groups is 2. The average Bonchev–Trinajstić information content (AvgIpc) is 3.15. The minimum atomic E-state index is -1.94. The first-order valence-electron chi connectivity index (χ1n) is 20.8. The third-order valence-electron chi connectivity index (χ3n) is 12.8. The maximum absolute atomic E-state index is 14.4. The lowest BCUT2D eigenvalue weighted by Gasteiger charge is -2.50. The quantitative estimate of drug-likeness (QED) is 0.141. The topological polar surface area (TPSA) is 210 Å². The number of nitrogens with two attached hydrogens (primary N) is 1. The number of esters is 1. The van der Waals surface area contributed by atoms with E-state index in [9.17, 15) is 24.9 Å². The molecule has 0 aromatic rings. The molecule has 57 heavy (non-hydrogen) atoms. The molecule has 0 aliphatic carbocycles. The third kappa shape index (κ3) is 11.6. The van der Waals surface area contributed by atoms with Crippen LogP contribution in [0.1, 0.15) is 101 Å². The number of methoxy groups -OCH3 is 2. The first kappa shape index (κ1) is 49.8. The molecule has 18 atom stereocenters. The summed E-state index contributed by atoms with van der Waals surface area (Å²) in [5.74, 6) is -3.51. The van der Waals surface area contributed by atoms with Crippen molar-refractivity contribution >= 4 is 11.9 Å². The number of aliphatic hydroxyl groups is 3. The number of aliphatic hydroxyl groups excluding tert-OH is 2. The highest BCUT2D eigenvalue weighted by Crippen LogP contribution is 2.41. The van der Waals surface area contributed by atoms with Gasteiger partial charge < -0.3 is 69.2 Å². The number of cyclic esters (lactones) is 1. The number of amides is 1. The molecule has 0 spiro atoms. The summed E-state index contributed by atoms with van der Waals surface area (Å²) in [4.78, 5) is 30.1. The van der Waals surface area contributed by atoms with Crippen molar-refractivity contribution in [3.05, 3.63) is 0 Å². The fourth-order valence-corrected chi connectivity index (χ4v) is 9.01. The smallest absolute Gasteiger partial charge is 0.311 e. The van der Waals surface area contributed by atoms with Crippen LogP contribution in [0.25, 0.3) is 0 Å². The largest absolute Gasteiger partial charge is 0.459 e. The van der Waals surface area contributed by atoms with Crippen LogP contribution in [-0.2, 0) is 47.5 Å². The molecule has 16 heteroatoms. The number of rotatable bonds is 12. The first-order chi connectivity index (χ1) is 26.5. The lowest BCUT2D eigenvalue weighted by atomic mass is 9.77. The first-order valence-corrected chi connectivity index (χ1v) is 20.8. The molecule has 0 saturated carbocycles. The number of ether oxygens (including phenoxy) is 8. The molecule has 0 aromatic heterocycles. The predicted octanol–water partition coefficient (Wildman–Crippen LogP) is 2.11. The van der Waals surface area contributed by atoms with Crippen molar-refractivity contribution in [1.29, 1.82) is 0 Å². The standard InChI is InChI=1S/C41H77N3O13/c1-15-29-41(10,49)33(46)26(6)43-36(47)22(2)20-39(8,50-13)34(57-38-31(45)28(44(11)12)19-23(3)53-38)24(4)32(25(5)37(48)55-29)56-30-21-40(9,51-14)35(27(7)54-30)52-18-16-17-42/h22-35,38,45-46,49H,15-21,42H2,1-14H3,(H,43,47)/t22-,23-,24+,25-,26-,27+,28+,29-,30+,31-,32+,33-,34-,35+,38+,39-,40-,41-/m1/s1. The van der Waals surface area contributed by atoms with E-state index in [1.165, 1.54) is 14.0 Å². The van der Waals surface area contributed by atoms with Crippen LogP contribution in [0.15, 0.2) is 0 Å². The van der Waals surface area contributed by atoms with Crippen molar-refractivity contribution in [2.45, 2.75) is 192 Å². The van der Waals surface area contributed by atoms with Crippen molar-refractivity contribution in [3.8, 4) is 0 Å². The molecule has 3 aliphatic heterocycles. The Morgan fingerprint density at radius 2 is 1.54 bits per heavy atom. The lowest BCUT2D eigenvalue weighted by Crippen LogP contribution is -2.61. The van der Waals surface area contributed by atoms with Gasteiger partial charge in [-0.3, -0.25) is 9.59 Å². The zero-order chi connectivity index (χ0) is 43.2. The molecular weight excluding hydrogens is 742 g/mol. The number of hydrogen-bond donors (Lipinski definition) is 5. The summed E-state index contributed by atoms with van der Waals surface area (Å²) < 4.78 is 51.2. The van der Waals surface area contributed by atoms with Crippen molar-refractivity contribution in [2.24, 2.45) is 23.5 Å². The van der Waals surface area contributed by atoms with Gasteiger partial charge in [0.25, 0.3) is 0 Å². The molecule has 0 unspecified atom stereocenters. The predicted molar refractivity (Wildman–Crippen MR) is 212 cm³/mol. The van der Waals surface area contributed by atoms with Gasteiger partial charge in [0.2, 0.25) is 5.91 Å². The van der Waals surface area contributed by atoms with E-state index in [1.807, 2.05) is 53.6 Å². The molecule has 6 N–H and O–H groups in total. The van der Waals surface area contributed by atoms with Gasteiger partial charge in [-0.1, -0.05) is 20.8 Å². The Balaban J connectivity index is 2.21. The highest BCUT2D eigenvalue weighted by atomic mass is 16.7. The highest BCUT2D eigenvalue weighted by molar-refractivity contribution is 5.78. The average molecular weight is 820 g/mol. The van der Waals surface area contributed by atoms with Crippen molar-refractivity contribution in [2.75, 3.05) is 41.5 Å². The Labute approximate surface area is 341 Å². The van der Waals surface area contributed by atoms with Gasteiger partial charge in [-0.25, -0.2) is 0 Å². The fourth-order valence-electron chi connectivity index (χ4n) is 9.01. The summed E-state index contributed by atoms with van der Waals surface area (Å²) in [6.45, 7) is 18.4. The Kier molecular flexibility index (Phi) is 18.2. The number of likely N-dealkylation sites (N-methyl/N-ethyl adjacent to an activating group) is 1. The molecule has 3 aliphatic rings. The minimum absolute atomic E-state index is 0.114. The molecule has 3 fully saturated rings. The van der Waals surface area contributed by atoms with E-state index in [0.717, 1.165) is 0 Å². The SMILES string of the molecule is CC[C@H]1OC(=O)[C@H](C)[C@@H](O[C@H]2C[C@@](C)(OC)[C@@H](OCCCN)[C@H](C)O2)[C@H](C)[C@@H](O[C@@H]2O[C@H](C)C[C@H](N(C)C)[C@H]2O)[C@](C)(OC)C[C@@H](C)C(=O)N[C@H](C)[C@@H](O)[C@]1(C)O. The fraction of sp³-hybridized carbons (Fsp3) is 0.951. The molecular formula is C41H77N3O13. The van der Waals surface area contributed by atoms with Gasteiger partial charge in [0.1, 0.15) is 30.0 Å². The molecule has 3 saturated heterocycles. The molecule has 334 valence electrons. The van der Waals surface area contributed by atoms with E-state index in [2.05, 4.69) is 5.32 Å².